The molecule has 1 aromatic carbocycles. The summed E-state index contributed by atoms with van der Waals surface area (Å²) in [7, 11) is 1.64. The first-order valence-corrected chi connectivity index (χ1v) is 6.04. The van der Waals surface area contributed by atoms with Crippen molar-refractivity contribution in [2.45, 2.75) is 12.8 Å². The molecule has 1 saturated carbocycles. The van der Waals surface area contributed by atoms with E-state index in [4.69, 9.17) is 15.2 Å². The molecule has 4 nitrogen and oxygen atoms in total. The van der Waals surface area contributed by atoms with E-state index in [1.807, 2.05) is 12.1 Å². The van der Waals surface area contributed by atoms with Crippen LogP contribution in [0.1, 0.15) is 12.8 Å². The van der Waals surface area contributed by atoms with Crippen LogP contribution in [-0.4, -0.2) is 26.9 Å². The molecule has 0 amide bonds. The van der Waals surface area contributed by atoms with Gasteiger partial charge in [-0.1, -0.05) is 0 Å². The van der Waals surface area contributed by atoms with E-state index in [2.05, 4.69) is 5.32 Å². The van der Waals surface area contributed by atoms with Crippen molar-refractivity contribution in [3.05, 3.63) is 18.2 Å². The standard InChI is InChI=1S/C13H20N2O2/c1-16-13-7-11(14)6-12(8-13)15-4-5-17-9-10-2-3-10/h6-8,10,15H,2-5,9,14H2,1H3. The van der Waals surface area contributed by atoms with E-state index in [-0.39, 0.29) is 0 Å². The molecule has 0 bridgehead atoms. The second-order valence-electron chi connectivity index (χ2n) is 4.44. The maximum Gasteiger partial charge on any atom is 0.122 e. The fraction of sp³-hybridized carbons (Fsp3) is 0.538. The Morgan fingerprint density at radius 1 is 1.35 bits per heavy atom. The van der Waals surface area contributed by atoms with Crippen LogP contribution in [0, 0.1) is 5.92 Å². The fourth-order valence-corrected chi connectivity index (χ4v) is 1.64. The highest BCUT2D eigenvalue weighted by Crippen LogP contribution is 2.28. The third-order valence-electron chi connectivity index (χ3n) is 2.79. The lowest BCUT2D eigenvalue weighted by Gasteiger charge is -2.09. The molecule has 0 radical (unpaired) electrons. The summed E-state index contributed by atoms with van der Waals surface area (Å²) in [4.78, 5) is 0. The zero-order chi connectivity index (χ0) is 12.1. The summed E-state index contributed by atoms with van der Waals surface area (Å²) in [6.07, 6.45) is 2.67. The van der Waals surface area contributed by atoms with Crippen molar-refractivity contribution in [3.8, 4) is 5.75 Å². The van der Waals surface area contributed by atoms with E-state index in [1.165, 1.54) is 12.8 Å². The predicted octanol–water partition coefficient (Wildman–Crippen LogP) is 2.12. The second-order valence-corrected chi connectivity index (χ2v) is 4.44. The lowest BCUT2D eigenvalue weighted by molar-refractivity contribution is 0.134. The van der Waals surface area contributed by atoms with Gasteiger partial charge in [0.15, 0.2) is 0 Å². The van der Waals surface area contributed by atoms with Crippen LogP contribution in [0.15, 0.2) is 18.2 Å². The highest BCUT2D eigenvalue weighted by Gasteiger charge is 2.20. The van der Waals surface area contributed by atoms with Crippen LogP contribution in [0.4, 0.5) is 11.4 Å². The molecular weight excluding hydrogens is 216 g/mol. The van der Waals surface area contributed by atoms with E-state index >= 15 is 0 Å². The predicted molar refractivity (Wildman–Crippen MR) is 69.4 cm³/mol. The zero-order valence-electron chi connectivity index (χ0n) is 10.2. The molecule has 94 valence electrons. The first-order chi connectivity index (χ1) is 8.28. The second kappa shape index (κ2) is 5.77. The smallest absolute Gasteiger partial charge is 0.122 e. The first kappa shape index (κ1) is 12.0. The van der Waals surface area contributed by atoms with Gasteiger partial charge in [0.05, 0.1) is 13.7 Å². The number of rotatable bonds is 7. The zero-order valence-corrected chi connectivity index (χ0v) is 10.2. The van der Waals surface area contributed by atoms with Gasteiger partial charge in [0, 0.05) is 36.7 Å². The largest absolute Gasteiger partial charge is 0.497 e. The summed E-state index contributed by atoms with van der Waals surface area (Å²) in [5, 5.41) is 3.27. The molecule has 0 atom stereocenters. The third kappa shape index (κ3) is 4.15. The minimum Gasteiger partial charge on any atom is -0.497 e. The molecule has 2 rings (SSSR count). The Kier molecular flexibility index (Phi) is 4.09. The van der Waals surface area contributed by atoms with E-state index in [9.17, 15) is 0 Å². The molecule has 0 unspecified atom stereocenters. The molecule has 3 N–H and O–H groups in total. The minimum atomic E-state index is 0.700. The number of anilines is 2. The van der Waals surface area contributed by atoms with Crippen molar-refractivity contribution in [2.24, 2.45) is 5.92 Å². The average Bonchev–Trinajstić information content (AvgIpc) is 3.12. The first-order valence-electron chi connectivity index (χ1n) is 6.04. The molecule has 1 fully saturated rings. The number of benzene rings is 1. The lowest BCUT2D eigenvalue weighted by Crippen LogP contribution is -2.10. The van der Waals surface area contributed by atoms with Crippen molar-refractivity contribution in [3.63, 3.8) is 0 Å². The Labute approximate surface area is 102 Å². The maximum atomic E-state index is 5.76. The van der Waals surface area contributed by atoms with Crippen LogP contribution in [0.25, 0.3) is 0 Å². The molecule has 1 aromatic rings. The van der Waals surface area contributed by atoms with Gasteiger partial charge in [0.25, 0.3) is 0 Å². The van der Waals surface area contributed by atoms with Crippen LogP contribution in [-0.2, 0) is 4.74 Å². The van der Waals surface area contributed by atoms with Crippen LogP contribution in [0.5, 0.6) is 5.75 Å². The highest BCUT2D eigenvalue weighted by molar-refractivity contribution is 5.59. The quantitative estimate of drug-likeness (QED) is 0.562. The van der Waals surface area contributed by atoms with Crippen LogP contribution in [0.3, 0.4) is 0 Å². The SMILES string of the molecule is COc1cc(N)cc(NCCOCC2CC2)c1. The van der Waals surface area contributed by atoms with Gasteiger partial charge in [0.2, 0.25) is 0 Å². The topological polar surface area (TPSA) is 56.5 Å². The van der Waals surface area contributed by atoms with Crippen molar-refractivity contribution < 1.29 is 9.47 Å². The van der Waals surface area contributed by atoms with Gasteiger partial charge < -0.3 is 20.5 Å². The highest BCUT2D eigenvalue weighted by atomic mass is 16.5. The van der Waals surface area contributed by atoms with E-state index in [0.29, 0.717) is 5.69 Å². The maximum absolute atomic E-state index is 5.76. The molecular formula is C13H20N2O2. The summed E-state index contributed by atoms with van der Waals surface area (Å²) >= 11 is 0. The van der Waals surface area contributed by atoms with Gasteiger partial charge in [-0.25, -0.2) is 0 Å². The van der Waals surface area contributed by atoms with Crippen molar-refractivity contribution in [1.29, 1.82) is 0 Å². The van der Waals surface area contributed by atoms with E-state index in [0.717, 1.165) is 37.1 Å². The Morgan fingerprint density at radius 3 is 2.88 bits per heavy atom. The normalized spacial score (nSPS) is 14.6. The van der Waals surface area contributed by atoms with Crippen molar-refractivity contribution >= 4 is 11.4 Å². The number of hydrogen-bond acceptors (Lipinski definition) is 4. The molecule has 0 aliphatic heterocycles. The van der Waals surface area contributed by atoms with Crippen LogP contribution < -0.4 is 15.8 Å². The summed E-state index contributed by atoms with van der Waals surface area (Å²) in [5.41, 5.74) is 7.43. The summed E-state index contributed by atoms with van der Waals surface area (Å²) < 4.78 is 10.7. The van der Waals surface area contributed by atoms with Crippen molar-refractivity contribution in [1.82, 2.24) is 0 Å². The van der Waals surface area contributed by atoms with Crippen LogP contribution in [0.2, 0.25) is 0 Å². The molecule has 0 heterocycles. The molecule has 0 spiro atoms. The molecule has 17 heavy (non-hydrogen) atoms. The number of ether oxygens (including phenoxy) is 2. The lowest BCUT2D eigenvalue weighted by atomic mass is 10.2. The fourth-order valence-electron chi connectivity index (χ4n) is 1.64. The summed E-state index contributed by atoms with van der Waals surface area (Å²) in [6.45, 7) is 2.43. The molecule has 1 aliphatic rings. The van der Waals surface area contributed by atoms with Crippen LogP contribution >= 0.6 is 0 Å². The van der Waals surface area contributed by atoms with Gasteiger partial charge in [0.1, 0.15) is 5.75 Å². The number of hydrogen-bond donors (Lipinski definition) is 2. The Bertz CT molecular complexity index is 364. The Balaban J connectivity index is 1.71. The van der Waals surface area contributed by atoms with Gasteiger partial charge in [-0.05, 0) is 24.8 Å². The van der Waals surface area contributed by atoms with Gasteiger partial charge >= 0.3 is 0 Å². The minimum absolute atomic E-state index is 0.700. The molecule has 0 aromatic heterocycles. The molecule has 0 saturated heterocycles. The van der Waals surface area contributed by atoms with Gasteiger partial charge in [-0.15, -0.1) is 0 Å². The number of methoxy groups -OCH3 is 1. The summed E-state index contributed by atoms with van der Waals surface area (Å²) in [6, 6.07) is 5.62. The van der Waals surface area contributed by atoms with Gasteiger partial charge in [-0.3, -0.25) is 0 Å². The Hall–Kier alpha value is -1.42. The van der Waals surface area contributed by atoms with Crippen molar-refractivity contribution in [2.75, 3.05) is 37.9 Å². The number of nitrogens with one attached hydrogen (secondary N) is 1. The number of nitrogens with two attached hydrogens (primary N) is 1. The number of nitrogen functional groups attached to an aromatic ring is 1. The third-order valence-corrected chi connectivity index (χ3v) is 2.79. The monoisotopic (exact) mass is 236 g/mol. The van der Waals surface area contributed by atoms with E-state index < -0.39 is 0 Å². The Morgan fingerprint density at radius 2 is 2.18 bits per heavy atom. The summed E-state index contributed by atoms with van der Waals surface area (Å²) in [5.74, 6) is 1.59. The molecule has 4 heteroatoms. The van der Waals surface area contributed by atoms with Gasteiger partial charge in [-0.2, -0.15) is 0 Å². The molecule has 1 aliphatic carbocycles. The average molecular weight is 236 g/mol. The van der Waals surface area contributed by atoms with E-state index in [1.54, 1.807) is 13.2 Å².